The molecular weight excluding hydrogens is 534 g/mol. The Morgan fingerprint density at radius 2 is 1.93 bits per heavy atom. The van der Waals surface area contributed by atoms with Gasteiger partial charge in [0.2, 0.25) is 5.88 Å². The fraction of sp³-hybridized carbons (Fsp3) is 0.613. The number of aryl methyl sites for hydroxylation is 2. The molecule has 5 heterocycles. The Balaban J connectivity index is 1.13. The van der Waals surface area contributed by atoms with Gasteiger partial charge in [0.15, 0.2) is 5.82 Å². The smallest absolute Gasteiger partial charge is 0.265 e. The van der Waals surface area contributed by atoms with Crippen molar-refractivity contribution in [3.05, 3.63) is 41.7 Å². The van der Waals surface area contributed by atoms with Crippen LogP contribution in [0.2, 0.25) is 0 Å². The quantitative estimate of drug-likeness (QED) is 0.356. The van der Waals surface area contributed by atoms with Crippen LogP contribution in [0.15, 0.2) is 35.6 Å². The summed E-state index contributed by atoms with van der Waals surface area (Å²) in [6.45, 7) is 9.03. The van der Waals surface area contributed by atoms with E-state index in [2.05, 4.69) is 29.7 Å². The zero-order valence-corrected chi connectivity index (χ0v) is 25.2. The molecule has 218 valence electrons. The van der Waals surface area contributed by atoms with Crippen molar-refractivity contribution in [2.75, 3.05) is 18.1 Å². The molecule has 0 aromatic carbocycles. The summed E-state index contributed by atoms with van der Waals surface area (Å²) in [5, 5.41) is 10.2. The van der Waals surface area contributed by atoms with Crippen LogP contribution in [-0.4, -0.2) is 49.1 Å². The van der Waals surface area contributed by atoms with Gasteiger partial charge in [-0.3, -0.25) is 14.2 Å². The third-order valence-corrected chi connectivity index (χ3v) is 10.3. The lowest BCUT2D eigenvalue weighted by Gasteiger charge is -2.34. The van der Waals surface area contributed by atoms with Crippen molar-refractivity contribution in [3.63, 3.8) is 0 Å². The summed E-state index contributed by atoms with van der Waals surface area (Å²) in [7, 11) is 0. The van der Waals surface area contributed by atoms with Crippen molar-refractivity contribution in [2.24, 2.45) is 23.7 Å². The number of nitrogens with one attached hydrogen (secondary N) is 1. The van der Waals surface area contributed by atoms with Crippen molar-refractivity contribution >= 4 is 23.7 Å². The summed E-state index contributed by atoms with van der Waals surface area (Å²) < 4.78 is 12.9. The Hall–Kier alpha value is -3.01. The molecule has 3 aromatic heterocycles. The predicted molar refractivity (Wildman–Crippen MR) is 159 cm³/mol. The zero-order chi connectivity index (χ0) is 28.1. The maximum absolute atomic E-state index is 13.5. The van der Waals surface area contributed by atoms with Crippen LogP contribution in [0.25, 0.3) is 5.82 Å². The van der Waals surface area contributed by atoms with Crippen LogP contribution in [-0.2, 0) is 6.54 Å². The molecule has 2 aliphatic carbocycles. The van der Waals surface area contributed by atoms with Crippen LogP contribution in [0.3, 0.4) is 0 Å². The first-order valence-corrected chi connectivity index (χ1v) is 16.1. The van der Waals surface area contributed by atoms with Gasteiger partial charge in [-0.15, -0.1) is 5.10 Å². The number of amides is 1. The van der Waals surface area contributed by atoms with Crippen LogP contribution >= 0.6 is 11.9 Å². The van der Waals surface area contributed by atoms with E-state index < -0.39 is 0 Å². The van der Waals surface area contributed by atoms with E-state index >= 15 is 0 Å². The van der Waals surface area contributed by atoms with E-state index in [9.17, 15) is 4.79 Å². The Bertz CT molecular complexity index is 1410. The normalized spacial score (nSPS) is 22.4. The van der Waals surface area contributed by atoms with Crippen molar-refractivity contribution in [2.45, 2.75) is 89.2 Å². The minimum atomic E-state index is -0.167. The lowest BCUT2D eigenvalue weighted by atomic mass is 9.93. The molecule has 0 spiro atoms. The lowest BCUT2D eigenvalue weighted by molar-refractivity contribution is 0.0984. The molecule has 4 aliphatic rings. The third kappa shape index (κ3) is 5.72. The molecule has 1 unspecified atom stereocenters. The highest BCUT2D eigenvalue weighted by Gasteiger charge is 2.42. The maximum Gasteiger partial charge on any atom is 0.265 e. The van der Waals surface area contributed by atoms with Crippen LogP contribution < -0.4 is 14.4 Å². The minimum Gasteiger partial charge on any atom is -0.477 e. The maximum atomic E-state index is 13.5. The van der Waals surface area contributed by atoms with Crippen LogP contribution in [0.1, 0.15) is 81.1 Å². The second-order valence-electron chi connectivity index (χ2n) is 13.2. The van der Waals surface area contributed by atoms with Gasteiger partial charge in [0.25, 0.3) is 5.91 Å². The van der Waals surface area contributed by atoms with E-state index in [1.54, 1.807) is 4.68 Å². The molecule has 1 saturated heterocycles. The van der Waals surface area contributed by atoms with Crippen LogP contribution in [0.5, 0.6) is 5.88 Å². The number of hydrogen-bond acceptors (Lipinski definition) is 7. The van der Waals surface area contributed by atoms with E-state index in [0.717, 1.165) is 67.1 Å². The second kappa shape index (κ2) is 10.7. The SMILES string of the molecule is Cc1cn2nc1SNC(=O)c1ccc(-n3ccc(OCCC(C4CC4)C4CC4)n3)nc1N1CC(CCC2)CC1(C)C. The average molecular weight is 576 g/mol. The zero-order valence-electron chi connectivity index (χ0n) is 24.4. The van der Waals surface area contributed by atoms with Gasteiger partial charge in [0.1, 0.15) is 10.8 Å². The lowest BCUT2D eigenvalue weighted by Crippen LogP contribution is -2.40. The van der Waals surface area contributed by atoms with E-state index in [4.69, 9.17) is 19.9 Å². The summed E-state index contributed by atoms with van der Waals surface area (Å²) in [6.07, 6.45) is 13.9. The molecule has 1 N–H and O–H groups in total. The molecule has 9 nitrogen and oxygen atoms in total. The predicted octanol–water partition coefficient (Wildman–Crippen LogP) is 5.81. The molecule has 2 aliphatic heterocycles. The molecule has 0 radical (unpaired) electrons. The van der Waals surface area contributed by atoms with E-state index in [1.807, 2.05) is 36.0 Å². The van der Waals surface area contributed by atoms with Gasteiger partial charge in [-0.25, -0.2) is 9.67 Å². The number of carbonyl (C=O) groups is 1. The van der Waals surface area contributed by atoms with Crippen LogP contribution in [0, 0.1) is 30.6 Å². The highest BCUT2D eigenvalue weighted by molar-refractivity contribution is 7.98. The summed E-state index contributed by atoms with van der Waals surface area (Å²) in [4.78, 5) is 21.0. The monoisotopic (exact) mass is 575 g/mol. The highest BCUT2D eigenvalue weighted by atomic mass is 32.2. The summed E-state index contributed by atoms with van der Waals surface area (Å²) >= 11 is 1.27. The Morgan fingerprint density at radius 3 is 2.71 bits per heavy atom. The van der Waals surface area contributed by atoms with Crippen molar-refractivity contribution in [1.82, 2.24) is 29.3 Å². The number of pyridine rings is 1. The fourth-order valence-corrected chi connectivity index (χ4v) is 7.69. The number of nitrogens with zero attached hydrogens (tertiary/aromatic N) is 6. The molecule has 2 saturated carbocycles. The first-order chi connectivity index (χ1) is 19.8. The van der Waals surface area contributed by atoms with Gasteiger partial charge in [0.05, 0.1) is 12.2 Å². The molecular formula is C31H41N7O2S. The number of carbonyl (C=O) groups excluding carboxylic acids is 1. The summed E-state index contributed by atoms with van der Waals surface area (Å²) in [5.74, 6) is 5.07. The fourth-order valence-electron chi connectivity index (χ4n) is 7.03. The van der Waals surface area contributed by atoms with Crippen molar-refractivity contribution < 1.29 is 9.53 Å². The largest absolute Gasteiger partial charge is 0.477 e. The highest BCUT2D eigenvalue weighted by Crippen LogP contribution is 2.50. The Morgan fingerprint density at radius 1 is 1.12 bits per heavy atom. The molecule has 1 atom stereocenters. The van der Waals surface area contributed by atoms with E-state index in [0.29, 0.717) is 35.6 Å². The minimum absolute atomic E-state index is 0.119. The van der Waals surface area contributed by atoms with Gasteiger partial charge in [-0.2, -0.15) is 5.10 Å². The van der Waals surface area contributed by atoms with Crippen molar-refractivity contribution in [3.8, 4) is 11.7 Å². The first-order valence-electron chi connectivity index (χ1n) is 15.3. The molecule has 1 amide bonds. The topological polar surface area (TPSA) is 90.1 Å². The van der Waals surface area contributed by atoms with Gasteiger partial charge in [0, 0.05) is 54.6 Å². The average Bonchev–Trinajstić information content (AvgIpc) is 3.86. The van der Waals surface area contributed by atoms with E-state index in [-0.39, 0.29) is 11.4 Å². The summed E-state index contributed by atoms with van der Waals surface area (Å²) in [6, 6.07) is 5.67. The molecule has 4 bridgehead atoms. The number of rotatable bonds is 7. The molecule has 41 heavy (non-hydrogen) atoms. The van der Waals surface area contributed by atoms with Gasteiger partial charge < -0.3 is 9.64 Å². The molecule has 3 fully saturated rings. The number of ether oxygens (including phenoxy) is 1. The second-order valence-corrected chi connectivity index (χ2v) is 14.0. The first kappa shape index (κ1) is 26.9. The van der Waals surface area contributed by atoms with Gasteiger partial charge in [-0.1, -0.05) is 0 Å². The van der Waals surface area contributed by atoms with Crippen LogP contribution in [0.4, 0.5) is 5.82 Å². The third-order valence-electron chi connectivity index (χ3n) is 9.42. The number of fused-ring (bicyclic) bond motifs is 6. The standard InChI is InChI=1S/C31H41N7O2S/c1-20-18-36-14-4-5-21-17-31(2,3)37(19-21)28-25(29(39)35-41-30(20)34-36)10-11-26(32-28)38-15-12-27(33-38)40-16-13-24(22-6-7-22)23-8-9-23/h10-12,15,18,21-24H,4-9,13-14,16-17,19H2,1-3H3,(H,35,39). The van der Waals surface area contributed by atoms with Crippen molar-refractivity contribution in [1.29, 1.82) is 0 Å². The van der Waals surface area contributed by atoms with Gasteiger partial charge in [-0.05, 0) is 108 Å². The van der Waals surface area contributed by atoms with Gasteiger partial charge >= 0.3 is 0 Å². The summed E-state index contributed by atoms with van der Waals surface area (Å²) in [5.41, 5.74) is 1.52. The van der Waals surface area contributed by atoms with E-state index in [1.165, 1.54) is 37.6 Å². The number of aromatic nitrogens is 5. The Kier molecular flexibility index (Phi) is 6.99. The molecule has 10 heteroatoms. The molecule has 3 aromatic rings. The Labute approximate surface area is 246 Å². The number of hydrogen-bond donors (Lipinski definition) is 1. The number of anilines is 1. The molecule has 7 rings (SSSR count).